The van der Waals surface area contributed by atoms with Crippen LogP contribution >= 0.6 is 0 Å². The molecule has 0 aliphatic carbocycles. The largest absolute Gasteiger partial charge is 0.345 e. The fourth-order valence-corrected chi connectivity index (χ4v) is 3.36. The molecule has 0 radical (unpaired) electrons. The van der Waals surface area contributed by atoms with E-state index < -0.39 is 5.79 Å². The Labute approximate surface area is 154 Å². The number of rotatable bonds is 2. The number of morpholine rings is 2. The van der Waals surface area contributed by atoms with E-state index in [-0.39, 0.29) is 17.2 Å². The third kappa shape index (κ3) is 4.24. The zero-order chi connectivity index (χ0) is 18.9. The SMILES string of the molecule is Cn1cc(C(=O)N2CCOC3(CN(C(=O)CC(C)(C)C)CCO3)C2)cn1. The van der Waals surface area contributed by atoms with E-state index in [1.807, 2.05) is 20.8 Å². The standard InChI is InChI=1S/C18H28N4O4/c1-17(2,3)9-15(23)21-5-7-25-18(12-21)13-22(6-8-26-18)16(24)14-10-19-20(4)11-14/h10-11H,5-9,12-13H2,1-4H3. The minimum atomic E-state index is -0.943. The molecule has 26 heavy (non-hydrogen) atoms. The molecular formula is C18H28N4O4. The van der Waals surface area contributed by atoms with Crippen molar-refractivity contribution in [3.8, 4) is 0 Å². The highest BCUT2D eigenvalue weighted by molar-refractivity contribution is 5.93. The Morgan fingerprint density at radius 3 is 2.35 bits per heavy atom. The third-order valence-corrected chi connectivity index (χ3v) is 4.59. The lowest BCUT2D eigenvalue weighted by molar-refractivity contribution is -0.284. The number of hydrogen-bond donors (Lipinski definition) is 0. The molecule has 1 spiro atoms. The molecule has 1 aromatic rings. The van der Waals surface area contributed by atoms with Gasteiger partial charge >= 0.3 is 0 Å². The summed E-state index contributed by atoms with van der Waals surface area (Å²) in [6, 6.07) is 0. The van der Waals surface area contributed by atoms with Gasteiger partial charge in [0.05, 0.1) is 38.1 Å². The van der Waals surface area contributed by atoms with Crippen molar-refractivity contribution in [2.45, 2.75) is 33.0 Å². The van der Waals surface area contributed by atoms with Crippen LogP contribution in [0.15, 0.2) is 12.4 Å². The fraction of sp³-hybridized carbons (Fsp3) is 0.722. The third-order valence-electron chi connectivity index (χ3n) is 4.59. The maximum Gasteiger partial charge on any atom is 0.257 e. The second-order valence-electron chi connectivity index (χ2n) is 8.29. The summed E-state index contributed by atoms with van der Waals surface area (Å²) in [7, 11) is 1.78. The van der Waals surface area contributed by atoms with Crippen molar-refractivity contribution in [2.24, 2.45) is 12.5 Å². The van der Waals surface area contributed by atoms with Crippen molar-refractivity contribution in [1.82, 2.24) is 19.6 Å². The lowest BCUT2D eigenvalue weighted by atomic mass is 9.91. The van der Waals surface area contributed by atoms with Crippen molar-refractivity contribution in [2.75, 3.05) is 39.4 Å². The van der Waals surface area contributed by atoms with Gasteiger partial charge in [0.1, 0.15) is 0 Å². The normalized spacial score (nSPS) is 24.2. The molecule has 0 aromatic carbocycles. The van der Waals surface area contributed by atoms with Crippen LogP contribution in [-0.4, -0.2) is 76.6 Å². The number of nitrogens with zero attached hydrogens (tertiary/aromatic N) is 4. The summed E-state index contributed by atoms with van der Waals surface area (Å²) in [5, 5.41) is 4.06. The van der Waals surface area contributed by atoms with Gasteiger partial charge in [0.25, 0.3) is 5.91 Å². The van der Waals surface area contributed by atoms with Crippen molar-refractivity contribution in [3.05, 3.63) is 18.0 Å². The average molecular weight is 364 g/mol. The van der Waals surface area contributed by atoms with Crippen molar-refractivity contribution in [1.29, 1.82) is 0 Å². The van der Waals surface area contributed by atoms with Gasteiger partial charge in [0.15, 0.2) is 0 Å². The first-order valence-corrected chi connectivity index (χ1v) is 9.01. The van der Waals surface area contributed by atoms with Gasteiger partial charge in [-0.15, -0.1) is 0 Å². The molecule has 1 atom stereocenters. The van der Waals surface area contributed by atoms with E-state index in [9.17, 15) is 9.59 Å². The van der Waals surface area contributed by atoms with E-state index >= 15 is 0 Å². The summed E-state index contributed by atoms with van der Waals surface area (Å²) in [6.45, 7) is 8.63. The summed E-state index contributed by atoms with van der Waals surface area (Å²) >= 11 is 0. The number of ether oxygens (including phenoxy) is 2. The minimum Gasteiger partial charge on any atom is -0.345 e. The van der Waals surface area contributed by atoms with E-state index in [1.54, 1.807) is 33.9 Å². The molecule has 1 aromatic heterocycles. The molecule has 0 N–H and O–H groups in total. The smallest absolute Gasteiger partial charge is 0.257 e. The van der Waals surface area contributed by atoms with Crippen LogP contribution in [0.3, 0.4) is 0 Å². The zero-order valence-corrected chi connectivity index (χ0v) is 16.0. The average Bonchev–Trinajstić information content (AvgIpc) is 2.99. The van der Waals surface area contributed by atoms with Crippen LogP contribution in [-0.2, 0) is 21.3 Å². The molecule has 144 valence electrons. The lowest BCUT2D eigenvalue weighted by Gasteiger charge is -2.47. The summed E-state index contributed by atoms with van der Waals surface area (Å²) < 4.78 is 13.4. The summed E-state index contributed by atoms with van der Waals surface area (Å²) in [6.07, 6.45) is 3.73. The van der Waals surface area contributed by atoms with Gasteiger partial charge in [0.2, 0.25) is 11.7 Å². The molecule has 2 fully saturated rings. The summed E-state index contributed by atoms with van der Waals surface area (Å²) in [4.78, 5) is 28.8. The first kappa shape index (κ1) is 18.8. The zero-order valence-electron chi connectivity index (χ0n) is 16.0. The van der Waals surface area contributed by atoms with Crippen LogP contribution in [0.4, 0.5) is 0 Å². The number of amides is 2. The van der Waals surface area contributed by atoms with Gasteiger partial charge in [-0.05, 0) is 5.41 Å². The van der Waals surface area contributed by atoms with Gasteiger partial charge < -0.3 is 19.3 Å². The molecule has 2 aliphatic heterocycles. The second kappa shape index (κ2) is 7.00. The highest BCUT2D eigenvalue weighted by Crippen LogP contribution is 2.27. The first-order valence-electron chi connectivity index (χ1n) is 9.01. The predicted molar refractivity (Wildman–Crippen MR) is 94.4 cm³/mol. The number of aryl methyl sites for hydroxylation is 1. The molecule has 3 rings (SSSR count). The van der Waals surface area contributed by atoms with E-state index in [2.05, 4.69) is 5.10 Å². The van der Waals surface area contributed by atoms with Crippen LogP contribution in [0, 0.1) is 5.41 Å². The lowest BCUT2D eigenvalue weighted by Crippen LogP contribution is -2.63. The first-order chi connectivity index (χ1) is 12.2. The predicted octanol–water partition coefficient (Wildman–Crippen LogP) is 0.884. The molecule has 2 aliphatic rings. The number of carbonyl (C=O) groups excluding carboxylic acids is 2. The Hall–Kier alpha value is -1.93. The van der Waals surface area contributed by atoms with Gasteiger partial charge in [-0.3, -0.25) is 14.3 Å². The number of aromatic nitrogens is 2. The molecule has 8 heteroatoms. The van der Waals surface area contributed by atoms with Crippen LogP contribution in [0.5, 0.6) is 0 Å². The highest BCUT2D eigenvalue weighted by atomic mass is 16.7. The molecule has 2 saturated heterocycles. The monoisotopic (exact) mass is 364 g/mol. The van der Waals surface area contributed by atoms with E-state index in [1.165, 1.54) is 0 Å². The number of hydrogen-bond acceptors (Lipinski definition) is 5. The molecule has 1 unspecified atom stereocenters. The second-order valence-corrected chi connectivity index (χ2v) is 8.29. The van der Waals surface area contributed by atoms with Crippen LogP contribution < -0.4 is 0 Å². The maximum atomic E-state index is 12.7. The fourth-order valence-electron chi connectivity index (χ4n) is 3.36. The molecular weight excluding hydrogens is 336 g/mol. The van der Waals surface area contributed by atoms with Crippen molar-refractivity contribution >= 4 is 11.8 Å². The maximum absolute atomic E-state index is 12.7. The minimum absolute atomic E-state index is 0.0711. The Morgan fingerprint density at radius 1 is 1.15 bits per heavy atom. The molecule has 8 nitrogen and oxygen atoms in total. The van der Waals surface area contributed by atoms with Crippen LogP contribution in [0.1, 0.15) is 37.6 Å². The Morgan fingerprint density at radius 2 is 1.77 bits per heavy atom. The van der Waals surface area contributed by atoms with Gasteiger partial charge in [-0.25, -0.2) is 0 Å². The Bertz CT molecular complexity index is 677. The van der Waals surface area contributed by atoms with Crippen molar-refractivity contribution in [3.63, 3.8) is 0 Å². The van der Waals surface area contributed by atoms with Crippen LogP contribution in [0.25, 0.3) is 0 Å². The van der Waals surface area contributed by atoms with Gasteiger partial charge in [-0.2, -0.15) is 5.10 Å². The number of carbonyl (C=O) groups is 2. The highest BCUT2D eigenvalue weighted by Gasteiger charge is 2.44. The van der Waals surface area contributed by atoms with E-state index in [4.69, 9.17) is 9.47 Å². The van der Waals surface area contributed by atoms with E-state index in [0.717, 1.165) is 0 Å². The summed E-state index contributed by atoms with van der Waals surface area (Å²) in [5.41, 5.74) is 0.471. The van der Waals surface area contributed by atoms with Crippen molar-refractivity contribution < 1.29 is 19.1 Å². The summed E-state index contributed by atoms with van der Waals surface area (Å²) in [5.74, 6) is -0.941. The molecule has 2 amide bonds. The van der Waals surface area contributed by atoms with Gasteiger partial charge in [-0.1, -0.05) is 20.8 Å². The van der Waals surface area contributed by atoms with Crippen LogP contribution in [0.2, 0.25) is 0 Å². The quantitative estimate of drug-likeness (QED) is 0.779. The van der Waals surface area contributed by atoms with E-state index in [0.29, 0.717) is 51.4 Å². The topological polar surface area (TPSA) is 76.9 Å². The van der Waals surface area contributed by atoms with Gasteiger partial charge in [0, 0.05) is 32.8 Å². The molecule has 3 heterocycles. The molecule has 0 bridgehead atoms. The molecule has 0 saturated carbocycles. The Kier molecular flexibility index (Phi) is 5.07. The Balaban J connectivity index is 1.68.